The number of nitrogens with zero attached hydrogens (tertiary/aromatic N) is 2. The number of esters is 1. The van der Waals surface area contributed by atoms with Gasteiger partial charge < -0.3 is 10.1 Å². The van der Waals surface area contributed by atoms with Crippen molar-refractivity contribution in [1.82, 2.24) is 15.1 Å². The number of amides is 1. The fourth-order valence-corrected chi connectivity index (χ4v) is 4.78. The first-order chi connectivity index (χ1) is 16.3. The first kappa shape index (κ1) is 23.7. The maximum Gasteiger partial charge on any atom is 0.348 e. The first-order valence-corrected chi connectivity index (χ1v) is 11.8. The zero-order valence-corrected chi connectivity index (χ0v) is 20.2. The van der Waals surface area contributed by atoms with Gasteiger partial charge in [0.2, 0.25) is 0 Å². The van der Waals surface area contributed by atoms with E-state index in [0.29, 0.717) is 16.3 Å². The van der Waals surface area contributed by atoms with E-state index in [2.05, 4.69) is 10.4 Å². The van der Waals surface area contributed by atoms with Gasteiger partial charge in [-0.1, -0.05) is 48.0 Å². The molecular formula is C25H22ClN3O4S. The minimum Gasteiger partial charge on any atom is -0.451 e. The molecule has 0 fully saturated rings. The standard InChI is InChI=1S/C25H22ClN3O4S/c1-15-20-13-22(34-24(20)29(28-15)19-10-6-9-18(26)12-19)25(32)33-14-23(31)27-21(16(2)30)11-17-7-4-3-5-8-17/h3-10,12-13,21H,11,14H2,1-2H3,(H,27,31)/t21-/m1/s1. The molecule has 9 heteroatoms. The van der Waals surface area contributed by atoms with Crippen molar-refractivity contribution in [2.24, 2.45) is 0 Å². The number of aromatic nitrogens is 2. The van der Waals surface area contributed by atoms with E-state index in [0.717, 1.165) is 27.2 Å². The molecule has 1 N–H and O–H groups in total. The number of carbonyl (C=O) groups excluding carboxylic acids is 3. The van der Waals surface area contributed by atoms with E-state index >= 15 is 0 Å². The number of aryl methyl sites for hydroxylation is 1. The molecule has 0 bridgehead atoms. The first-order valence-electron chi connectivity index (χ1n) is 10.6. The van der Waals surface area contributed by atoms with Crippen LogP contribution in [0.3, 0.4) is 0 Å². The van der Waals surface area contributed by atoms with Gasteiger partial charge in [0.25, 0.3) is 5.91 Å². The van der Waals surface area contributed by atoms with Gasteiger partial charge in [0.1, 0.15) is 9.71 Å². The minimum atomic E-state index is -0.691. The van der Waals surface area contributed by atoms with E-state index in [-0.39, 0.29) is 5.78 Å². The van der Waals surface area contributed by atoms with Crippen molar-refractivity contribution in [1.29, 1.82) is 0 Å². The second-order valence-corrected chi connectivity index (χ2v) is 9.27. The van der Waals surface area contributed by atoms with E-state index < -0.39 is 24.5 Å². The normalized spacial score (nSPS) is 11.9. The van der Waals surface area contributed by atoms with Gasteiger partial charge in [-0.2, -0.15) is 5.10 Å². The summed E-state index contributed by atoms with van der Waals surface area (Å²) in [6, 6.07) is 17.7. The van der Waals surface area contributed by atoms with Crippen LogP contribution in [0.2, 0.25) is 5.02 Å². The largest absolute Gasteiger partial charge is 0.451 e. The zero-order chi connectivity index (χ0) is 24.2. The SMILES string of the molecule is CC(=O)[C@@H](Cc1ccccc1)NC(=O)COC(=O)c1cc2c(C)nn(-c3cccc(Cl)c3)c2s1. The van der Waals surface area contributed by atoms with Gasteiger partial charge in [0, 0.05) is 10.4 Å². The van der Waals surface area contributed by atoms with Crippen LogP contribution < -0.4 is 5.32 Å². The molecule has 0 aliphatic heterocycles. The maximum absolute atomic E-state index is 12.6. The maximum atomic E-state index is 12.6. The monoisotopic (exact) mass is 495 g/mol. The number of fused-ring (bicyclic) bond motifs is 1. The molecule has 0 saturated heterocycles. The molecule has 0 aliphatic rings. The second-order valence-electron chi connectivity index (χ2n) is 7.80. The topological polar surface area (TPSA) is 90.3 Å². The molecule has 4 rings (SSSR count). The van der Waals surface area contributed by atoms with Gasteiger partial charge in [0.15, 0.2) is 12.4 Å². The Kier molecular flexibility index (Phi) is 7.09. The lowest BCUT2D eigenvalue weighted by molar-refractivity contribution is -0.128. The van der Waals surface area contributed by atoms with Gasteiger partial charge in [-0.25, -0.2) is 9.48 Å². The summed E-state index contributed by atoms with van der Waals surface area (Å²) in [4.78, 5) is 38.1. The summed E-state index contributed by atoms with van der Waals surface area (Å²) in [7, 11) is 0. The third-order valence-corrected chi connectivity index (χ3v) is 6.57. The minimum absolute atomic E-state index is 0.172. The Labute approximate surface area is 205 Å². The van der Waals surface area contributed by atoms with Crippen molar-refractivity contribution in [2.75, 3.05) is 6.61 Å². The quantitative estimate of drug-likeness (QED) is 0.363. The molecule has 0 unspecified atom stereocenters. The summed E-state index contributed by atoms with van der Waals surface area (Å²) in [5, 5.41) is 8.59. The Hall–Kier alpha value is -3.49. The third kappa shape index (κ3) is 5.35. The molecule has 2 aromatic carbocycles. The number of halogens is 1. The van der Waals surface area contributed by atoms with E-state index in [1.165, 1.54) is 18.3 Å². The van der Waals surface area contributed by atoms with E-state index in [9.17, 15) is 14.4 Å². The predicted octanol–water partition coefficient (Wildman–Crippen LogP) is 4.52. The van der Waals surface area contributed by atoms with Crippen molar-refractivity contribution in [3.8, 4) is 5.69 Å². The summed E-state index contributed by atoms with van der Waals surface area (Å²) in [6.07, 6.45) is 0.367. The van der Waals surface area contributed by atoms with Crippen molar-refractivity contribution in [3.63, 3.8) is 0 Å². The molecule has 1 amide bonds. The van der Waals surface area contributed by atoms with E-state index in [1.807, 2.05) is 49.4 Å². The van der Waals surface area contributed by atoms with Crippen LogP contribution in [-0.2, 0) is 20.7 Å². The Morgan fingerprint density at radius 2 is 1.88 bits per heavy atom. The van der Waals surface area contributed by atoms with Crippen molar-refractivity contribution in [2.45, 2.75) is 26.3 Å². The van der Waals surface area contributed by atoms with Crippen LogP contribution in [0.25, 0.3) is 15.9 Å². The number of ether oxygens (including phenoxy) is 1. The summed E-state index contributed by atoms with van der Waals surface area (Å²) in [5.74, 6) is -1.32. The number of benzene rings is 2. The smallest absolute Gasteiger partial charge is 0.348 e. The molecular weight excluding hydrogens is 474 g/mol. The lowest BCUT2D eigenvalue weighted by atomic mass is 10.0. The summed E-state index contributed by atoms with van der Waals surface area (Å²) in [6.45, 7) is 2.79. The highest BCUT2D eigenvalue weighted by molar-refractivity contribution is 7.20. The molecule has 2 heterocycles. The number of Topliss-reactive ketones (excluding diaryl/α,β-unsaturated/α-hetero) is 1. The molecule has 2 aromatic heterocycles. The molecule has 174 valence electrons. The Morgan fingerprint density at radius 1 is 1.12 bits per heavy atom. The lowest BCUT2D eigenvalue weighted by Gasteiger charge is -2.16. The average Bonchev–Trinajstić information content (AvgIpc) is 3.38. The molecule has 0 radical (unpaired) electrons. The molecule has 1 atom stereocenters. The predicted molar refractivity (Wildman–Crippen MR) is 132 cm³/mol. The number of rotatable bonds is 8. The second kappa shape index (κ2) is 10.2. The highest BCUT2D eigenvalue weighted by atomic mass is 35.5. The number of hydrogen-bond donors (Lipinski definition) is 1. The van der Waals surface area contributed by atoms with E-state index in [1.54, 1.807) is 22.9 Å². The van der Waals surface area contributed by atoms with Crippen molar-refractivity contribution >= 4 is 50.8 Å². The van der Waals surface area contributed by atoms with Gasteiger partial charge in [-0.15, -0.1) is 11.3 Å². The highest BCUT2D eigenvalue weighted by Crippen LogP contribution is 2.31. The van der Waals surface area contributed by atoms with E-state index in [4.69, 9.17) is 16.3 Å². The van der Waals surface area contributed by atoms with Crippen LogP contribution in [0, 0.1) is 6.92 Å². The highest BCUT2D eigenvalue weighted by Gasteiger charge is 2.21. The fourth-order valence-electron chi connectivity index (χ4n) is 3.52. The molecule has 0 saturated carbocycles. The lowest BCUT2D eigenvalue weighted by Crippen LogP contribution is -2.43. The summed E-state index contributed by atoms with van der Waals surface area (Å²) in [5.41, 5.74) is 2.46. The molecule has 7 nitrogen and oxygen atoms in total. The molecule has 4 aromatic rings. The van der Waals surface area contributed by atoms with Crippen LogP contribution >= 0.6 is 22.9 Å². The van der Waals surface area contributed by atoms with Gasteiger partial charge in [-0.3, -0.25) is 9.59 Å². The van der Waals surface area contributed by atoms with Crippen LogP contribution in [-0.4, -0.2) is 40.1 Å². The average molecular weight is 496 g/mol. The number of carbonyl (C=O) groups is 3. The Balaban J connectivity index is 1.42. The van der Waals surface area contributed by atoms with Crippen LogP contribution in [0.5, 0.6) is 0 Å². The van der Waals surface area contributed by atoms with Crippen molar-refractivity contribution in [3.05, 3.63) is 81.8 Å². The number of hydrogen-bond acceptors (Lipinski definition) is 6. The fraction of sp³-hybridized carbons (Fsp3) is 0.200. The Morgan fingerprint density at radius 3 is 2.59 bits per heavy atom. The van der Waals surface area contributed by atoms with Gasteiger partial charge >= 0.3 is 5.97 Å². The zero-order valence-electron chi connectivity index (χ0n) is 18.6. The molecule has 34 heavy (non-hydrogen) atoms. The summed E-state index contributed by atoms with van der Waals surface area (Å²) >= 11 is 7.33. The summed E-state index contributed by atoms with van der Waals surface area (Å²) < 4.78 is 6.95. The van der Waals surface area contributed by atoms with Crippen molar-refractivity contribution < 1.29 is 19.1 Å². The third-order valence-electron chi connectivity index (χ3n) is 5.24. The van der Waals surface area contributed by atoms with Crippen LogP contribution in [0.1, 0.15) is 27.9 Å². The number of ketones is 1. The number of thiophene rings is 1. The van der Waals surface area contributed by atoms with Crippen LogP contribution in [0.15, 0.2) is 60.7 Å². The number of nitrogens with one attached hydrogen (secondary N) is 1. The van der Waals surface area contributed by atoms with Gasteiger partial charge in [0.05, 0.1) is 17.4 Å². The van der Waals surface area contributed by atoms with Crippen LogP contribution in [0.4, 0.5) is 0 Å². The molecule has 0 spiro atoms. The van der Waals surface area contributed by atoms with Gasteiger partial charge in [-0.05, 0) is 50.1 Å². The molecule has 0 aliphatic carbocycles. The Bertz CT molecular complexity index is 1360.